The number of nitrogens with one attached hydrogen (secondary N) is 3. The molecule has 7 heteroatoms. The standard InChI is InChI=1S/C25H22BrN5O/c1-16-6-8-22(9-7-16)30-25-27-17(2)14-23(31-25)28-20-10-12-21(13-11-20)29-24(32)18-4-3-5-19(26)15-18/h3-15H,1-2H3,(H,29,32)(H2,27,28,30,31). The largest absolute Gasteiger partial charge is 0.340 e. The molecule has 6 nitrogen and oxygen atoms in total. The van der Waals surface area contributed by atoms with Crippen LogP contribution in [0.5, 0.6) is 0 Å². The average Bonchev–Trinajstić information content (AvgIpc) is 2.76. The highest BCUT2D eigenvalue weighted by molar-refractivity contribution is 9.10. The van der Waals surface area contributed by atoms with Crippen LogP contribution in [0.15, 0.2) is 83.3 Å². The van der Waals surface area contributed by atoms with Gasteiger partial charge >= 0.3 is 0 Å². The molecule has 160 valence electrons. The Balaban J connectivity index is 1.43. The molecule has 0 unspecified atom stereocenters. The third-order valence-electron chi connectivity index (χ3n) is 4.66. The molecule has 4 rings (SSSR count). The molecule has 0 aliphatic heterocycles. The average molecular weight is 488 g/mol. The minimum absolute atomic E-state index is 0.162. The Morgan fingerprint density at radius 2 is 1.44 bits per heavy atom. The Hall–Kier alpha value is -3.71. The van der Waals surface area contributed by atoms with E-state index in [1.54, 1.807) is 12.1 Å². The molecule has 1 amide bonds. The highest BCUT2D eigenvalue weighted by atomic mass is 79.9. The maximum atomic E-state index is 12.4. The van der Waals surface area contributed by atoms with Crippen LogP contribution in [0.1, 0.15) is 21.6 Å². The number of aromatic nitrogens is 2. The van der Waals surface area contributed by atoms with Gasteiger partial charge in [0.15, 0.2) is 0 Å². The second kappa shape index (κ2) is 9.62. The Morgan fingerprint density at radius 3 is 2.16 bits per heavy atom. The number of halogens is 1. The van der Waals surface area contributed by atoms with Gasteiger partial charge in [-0.1, -0.05) is 39.7 Å². The van der Waals surface area contributed by atoms with Gasteiger partial charge in [0, 0.05) is 38.9 Å². The summed E-state index contributed by atoms with van der Waals surface area (Å²) in [7, 11) is 0. The second-order valence-electron chi connectivity index (χ2n) is 7.38. The molecule has 1 heterocycles. The van der Waals surface area contributed by atoms with Crippen LogP contribution >= 0.6 is 15.9 Å². The highest BCUT2D eigenvalue weighted by Crippen LogP contribution is 2.21. The number of carbonyl (C=O) groups is 1. The smallest absolute Gasteiger partial charge is 0.255 e. The zero-order chi connectivity index (χ0) is 22.5. The maximum Gasteiger partial charge on any atom is 0.255 e. The van der Waals surface area contributed by atoms with Crippen molar-refractivity contribution in [1.82, 2.24) is 9.97 Å². The van der Waals surface area contributed by atoms with Crippen molar-refractivity contribution in [3.63, 3.8) is 0 Å². The molecule has 0 aliphatic rings. The van der Waals surface area contributed by atoms with E-state index in [0.29, 0.717) is 23.0 Å². The number of hydrogen-bond donors (Lipinski definition) is 3. The lowest BCUT2D eigenvalue weighted by molar-refractivity contribution is 0.102. The Labute approximate surface area is 195 Å². The lowest BCUT2D eigenvalue weighted by atomic mass is 10.2. The number of aryl methyl sites for hydroxylation is 2. The monoisotopic (exact) mass is 487 g/mol. The van der Waals surface area contributed by atoms with Crippen LogP contribution in [-0.4, -0.2) is 15.9 Å². The summed E-state index contributed by atoms with van der Waals surface area (Å²) in [5.41, 5.74) is 5.12. The number of anilines is 5. The van der Waals surface area contributed by atoms with Gasteiger partial charge in [-0.15, -0.1) is 0 Å². The third kappa shape index (κ3) is 5.70. The van der Waals surface area contributed by atoms with Crippen LogP contribution in [0.2, 0.25) is 0 Å². The fourth-order valence-electron chi connectivity index (χ4n) is 3.07. The number of carbonyl (C=O) groups excluding carboxylic acids is 1. The van der Waals surface area contributed by atoms with E-state index in [1.165, 1.54) is 5.56 Å². The molecule has 3 aromatic carbocycles. The predicted molar refractivity (Wildman–Crippen MR) is 133 cm³/mol. The molecule has 1 aromatic heterocycles. The van der Waals surface area contributed by atoms with E-state index >= 15 is 0 Å². The lowest BCUT2D eigenvalue weighted by Crippen LogP contribution is -2.11. The van der Waals surface area contributed by atoms with Crippen molar-refractivity contribution in [2.24, 2.45) is 0 Å². The summed E-state index contributed by atoms with van der Waals surface area (Å²) in [6, 6.07) is 24.7. The van der Waals surface area contributed by atoms with Crippen LogP contribution < -0.4 is 16.0 Å². The summed E-state index contributed by atoms with van der Waals surface area (Å²) in [6.07, 6.45) is 0. The number of nitrogens with zero attached hydrogens (tertiary/aromatic N) is 2. The second-order valence-corrected chi connectivity index (χ2v) is 8.29. The maximum absolute atomic E-state index is 12.4. The third-order valence-corrected chi connectivity index (χ3v) is 5.16. The van der Waals surface area contributed by atoms with Crippen LogP contribution in [0.25, 0.3) is 0 Å². The summed E-state index contributed by atoms with van der Waals surface area (Å²) in [4.78, 5) is 21.4. The lowest BCUT2D eigenvalue weighted by Gasteiger charge is -2.11. The van der Waals surface area contributed by atoms with Crippen LogP contribution in [0, 0.1) is 13.8 Å². The van der Waals surface area contributed by atoms with E-state index < -0.39 is 0 Å². The molecule has 0 atom stereocenters. The van der Waals surface area contributed by atoms with Crippen LogP contribution in [0.4, 0.5) is 28.8 Å². The van der Waals surface area contributed by atoms with Gasteiger partial charge in [-0.3, -0.25) is 4.79 Å². The first-order valence-electron chi connectivity index (χ1n) is 10.1. The number of rotatable bonds is 6. The van der Waals surface area contributed by atoms with E-state index in [1.807, 2.05) is 80.6 Å². The van der Waals surface area contributed by atoms with Gasteiger partial charge in [-0.25, -0.2) is 4.98 Å². The summed E-state index contributed by atoms with van der Waals surface area (Å²) in [5, 5.41) is 9.43. The van der Waals surface area contributed by atoms with E-state index in [-0.39, 0.29) is 5.91 Å². The van der Waals surface area contributed by atoms with Crippen molar-refractivity contribution in [1.29, 1.82) is 0 Å². The molecule has 0 spiro atoms. The number of benzene rings is 3. The minimum atomic E-state index is -0.162. The zero-order valence-corrected chi connectivity index (χ0v) is 19.3. The van der Waals surface area contributed by atoms with Crippen LogP contribution in [0.3, 0.4) is 0 Å². The molecule has 0 saturated heterocycles. The molecule has 4 aromatic rings. The van der Waals surface area contributed by atoms with Crippen molar-refractivity contribution in [2.75, 3.05) is 16.0 Å². The van der Waals surface area contributed by atoms with E-state index in [2.05, 4.69) is 41.8 Å². The van der Waals surface area contributed by atoms with Crippen molar-refractivity contribution < 1.29 is 4.79 Å². The highest BCUT2D eigenvalue weighted by Gasteiger charge is 2.07. The van der Waals surface area contributed by atoms with Crippen molar-refractivity contribution >= 4 is 50.7 Å². The summed E-state index contributed by atoms with van der Waals surface area (Å²) in [5.74, 6) is 1.04. The van der Waals surface area contributed by atoms with Gasteiger partial charge < -0.3 is 16.0 Å². The van der Waals surface area contributed by atoms with Gasteiger partial charge in [-0.2, -0.15) is 4.98 Å². The Kier molecular flexibility index (Phi) is 6.47. The Bertz CT molecular complexity index is 1240. The molecular weight excluding hydrogens is 466 g/mol. The van der Waals surface area contributed by atoms with Gasteiger partial charge in [0.05, 0.1) is 0 Å². The van der Waals surface area contributed by atoms with Crippen molar-refractivity contribution in [3.05, 3.63) is 100 Å². The molecular formula is C25H22BrN5O. The summed E-state index contributed by atoms with van der Waals surface area (Å²) < 4.78 is 0.862. The minimum Gasteiger partial charge on any atom is -0.340 e. The fourth-order valence-corrected chi connectivity index (χ4v) is 3.47. The topological polar surface area (TPSA) is 78.9 Å². The number of hydrogen-bond acceptors (Lipinski definition) is 5. The zero-order valence-electron chi connectivity index (χ0n) is 17.7. The first kappa shape index (κ1) is 21.5. The van der Waals surface area contributed by atoms with Crippen molar-refractivity contribution in [3.8, 4) is 0 Å². The molecule has 32 heavy (non-hydrogen) atoms. The van der Waals surface area contributed by atoms with Crippen LogP contribution in [-0.2, 0) is 0 Å². The molecule has 0 fully saturated rings. The normalized spacial score (nSPS) is 10.5. The molecule has 0 aliphatic carbocycles. The first-order valence-corrected chi connectivity index (χ1v) is 10.9. The summed E-state index contributed by atoms with van der Waals surface area (Å²) >= 11 is 3.39. The van der Waals surface area contributed by atoms with E-state index in [4.69, 9.17) is 0 Å². The molecule has 0 radical (unpaired) electrons. The quantitative estimate of drug-likeness (QED) is 0.285. The van der Waals surface area contributed by atoms with E-state index in [0.717, 1.165) is 21.5 Å². The van der Waals surface area contributed by atoms with Gasteiger partial charge in [-0.05, 0) is 68.4 Å². The molecule has 3 N–H and O–H groups in total. The van der Waals surface area contributed by atoms with E-state index in [9.17, 15) is 4.79 Å². The predicted octanol–water partition coefficient (Wildman–Crippen LogP) is 6.60. The SMILES string of the molecule is Cc1ccc(Nc2nc(C)cc(Nc3ccc(NC(=O)c4cccc(Br)c4)cc3)n2)cc1. The molecule has 0 saturated carbocycles. The van der Waals surface area contributed by atoms with Gasteiger partial charge in [0.25, 0.3) is 5.91 Å². The van der Waals surface area contributed by atoms with Gasteiger partial charge in [0.2, 0.25) is 5.95 Å². The molecule has 0 bridgehead atoms. The van der Waals surface area contributed by atoms with Crippen molar-refractivity contribution in [2.45, 2.75) is 13.8 Å². The Morgan fingerprint density at radius 1 is 0.781 bits per heavy atom. The fraction of sp³-hybridized carbons (Fsp3) is 0.0800. The first-order chi connectivity index (χ1) is 15.4. The summed E-state index contributed by atoms with van der Waals surface area (Å²) in [6.45, 7) is 3.97. The van der Waals surface area contributed by atoms with Gasteiger partial charge in [0.1, 0.15) is 5.82 Å². The number of amides is 1.